The second kappa shape index (κ2) is 11.2. The molecule has 0 aliphatic carbocycles. The maximum Gasteiger partial charge on any atom is 0.270 e. The van der Waals surface area contributed by atoms with Crippen LogP contribution in [-0.4, -0.2) is 19.1 Å². The molecule has 0 saturated heterocycles. The van der Waals surface area contributed by atoms with Crippen molar-refractivity contribution in [2.45, 2.75) is 76.0 Å². The van der Waals surface area contributed by atoms with Gasteiger partial charge in [-0.05, 0) is 12.5 Å². The fourth-order valence-electron chi connectivity index (χ4n) is 2.69. The van der Waals surface area contributed by atoms with Gasteiger partial charge in [0.15, 0.2) is 9.84 Å². The lowest BCUT2D eigenvalue weighted by Crippen LogP contribution is -2.07. The number of hydrogen-bond acceptors (Lipinski definition) is 4. The van der Waals surface area contributed by atoms with Gasteiger partial charge in [-0.2, -0.15) is 0 Å². The van der Waals surface area contributed by atoms with Gasteiger partial charge >= 0.3 is 0 Å². The largest absolute Gasteiger partial charge is 0.270 e. The van der Waals surface area contributed by atoms with Crippen LogP contribution in [0.3, 0.4) is 0 Å². The van der Waals surface area contributed by atoms with Crippen molar-refractivity contribution in [1.29, 1.82) is 0 Å². The van der Waals surface area contributed by atoms with Crippen LogP contribution in [0.2, 0.25) is 0 Å². The number of hydrogen-bond donors (Lipinski definition) is 0. The molecule has 0 N–H and O–H groups in total. The first-order chi connectivity index (χ1) is 11.5. The molecular weight excluding hydrogens is 326 g/mol. The Balaban J connectivity index is 2.24. The van der Waals surface area contributed by atoms with Crippen LogP contribution in [-0.2, 0) is 9.84 Å². The Labute approximate surface area is 145 Å². The highest BCUT2D eigenvalue weighted by Crippen LogP contribution is 2.20. The molecule has 0 bridgehead atoms. The Bertz CT molecular complexity index is 599. The summed E-state index contributed by atoms with van der Waals surface area (Å²) in [6, 6.07) is 5.30. The Morgan fingerprint density at radius 3 is 2.00 bits per heavy atom. The Kier molecular flexibility index (Phi) is 9.60. The van der Waals surface area contributed by atoms with Crippen LogP contribution >= 0.6 is 0 Å². The lowest BCUT2D eigenvalue weighted by molar-refractivity contribution is -0.385. The van der Waals surface area contributed by atoms with Gasteiger partial charge in [0.1, 0.15) is 0 Å². The van der Waals surface area contributed by atoms with E-state index in [1.807, 2.05) is 0 Å². The SMILES string of the molecule is CCCCCCCCCCCCS(=O)(=O)c1cccc([N+](=O)[O-])c1. The molecule has 5 nitrogen and oxygen atoms in total. The molecule has 0 heterocycles. The quantitative estimate of drug-likeness (QED) is 0.274. The van der Waals surface area contributed by atoms with E-state index in [1.165, 1.54) is 56.7 Å². The van der Waals surface area contributed by atoms with Crippen molar-refractivity contribution in [3.05, 3.63) is 34.4 Å². The third kappa shape index (κ3) is 7.90. The first-order valence-corrected chi connectivity index (χ1v) is 10.6. The van der Waals surface area contributed by atoms with E-state index in [0.717, 1.165) is 25.3 Å². The van der Waals surface area contributed by atoms with Gasteiger partial charge in [0, 0.05) is 12.1 Å². The fraction of sp³-hybridized carbons (Fsp3) is 0.667. The molecule has 0 atom stereocenters. The lowest BCUT2D eigenvalue weighted by atomic mass is 10.1. The predicted molar refractivity (Wildman–Crippen MR) is 97.0 cm³/mol. The van der Waals surface area contributed by atoms with Crippen molar-refractivity contribution < 1.29 is 13.3 Å². The predicted octanol–water partition coefficient (Wildman–Crippen LogP) is 5.29. The summed E-state index contributed by atoms with van der Waals surface area (Å²) in [7, 11) is -3.43. The molecule has 0 aromatic heterocycles. The number of rotatable bonds is 13. The third-order valence-electron chi connectivity index (χ3n) is 4.15. The minimum absolute atomic E-state index is 0.0487. The molecule has 1 aromatic carbocycles. The van der Waals surface area contributed by atoms with Gasteiger partial charge in [-0.3, -0.25) is 10.1 Å². The Morgan fingerprint density at radius 1 is 0.917 bits per heavy atom. The summed E-state index contributed by atoms with van der Waals surface area (Å²) in [6.45, 7) is 2.21. The number of non-ortho nitro benzene ring substituents is 1. The van der Waals surface area contributed by atoms with Gasteiger partial charge < -0.3 is 0 Å². The molecule has 0 aliphatic rings. The maximum atomic E-state index is 12.2. The minimum Gasteiger partial charge on any atom is -0.258 e. The molecule has 0 saturated carbocycles. The summed E-state index contributed by atoms with van der Waals surface area (Å²) in [5.41, 5.74) is -0.181. The monoisotopic (exact) mass is 355 g/mol. The summed E-state index contributed by atoms with van der Waals surface area (Å²) in [5, 5.41) is 10.7. The zero-order valence-electron chi connectivity index (χ0n) is 14.6. The number of nitro groups is 1. The van der Waals surface area contributed by atoms with Crippen molar-refractivity contribution in [3.8, 4) is 0 Å². The van der Waals surface area contributed by atoms with E-state index in [0.29, 0.717) is 6.42 Å². The zero-order valence-corrected chi connectivity index (χ0v) is 15.4. The van der Waals surface area contributed by atoms with Crippen molar-refractivity contribution in [1.82, 2.24) is 0 Å². The third-order valence-corrected chi connectivity index (χ3v) is 5.95. The van der Waals surface area contributed by atoms with E-state index in [4.69, 9.17) is 0 Å². The van der Waals surface area contributed by atoms with Crippen LogP contribution in [0.25, 0.3) is 0 Å². The van der Waals surface area contributed by atoms with Gasteiger partial charge in [0.25, 0.3) is 5.69 Å². The van der Waals surface area contributed by atoms with E-state index in [-0.39, 0.29) is 16.3 Å². The number of nitrogens with zero attached hydrogens (tertiary/aromatic N) is 1. The standard InChI is InChI=1S/C18H29NO4S/c1-2-3-4-5-6-7-8-9-10-11-15-24(22,23)18-14-12-13-17(16-18)19(20)21/h12-14,16H,2-11,15H2,1H3. The number of benzene rings is 1. The normalized spacial score (nSPS) is 11.5. The van der Waals surface area contributed by atoms with E-state index < -0.39 is 14.8 Å². The van der Waals surface area contributed by atoms with Gasteiger partial charge in [0.2, 0.25) is 0 Å². The summed E-state index contributed by atoms with van der Waals surface area (Å²) in [6.07, 6.45) is 11.4. The van der Waals surface area contributed by atoms with Gasteiger partial charge in [-0.15, -0.1) is 0 Å². The second-order valence-corrected chi connectivity index (χ2v) is 8.36. The first kappa shape index (κ1) is 20.6. The molecule has 0 radical (unpaired) electrons. The molecule has 136 valence electrons. The topological polar surface area (TPSA) is 77.3 Å². The van der Waals surface area contributed by atoms with Gasteiger partial charge in [-0.1, -0.05) is 70.8 Å². The Hall–Kier alpha value is -1.43. The average molecular weight is 356 g/mol. The van der Waals surface area contributed by atoms with E-state index in [1.54, 1.807) is 0 Å². The van der Waals surface area contributed by atoms with Crippen LogP contribution in [0.15, 0.2) is 29.2 Å². The number of nitro benzene ring substituents is 1. The summed E-state index contributed by atoms with van der Waals surface area (Å²) >= 11 is 0. The molecule has 0 spiro atoms. The molecule has 1 rings (SSSR count). The maximum absolute atomic E-state index is 12.2. The van der Waals surface area contributed by atoms with Crippen LogP contribution < -0.4 is 0 Å². The number of unbranched alkanes of at least 4 members (excludes halogenated alkanes) is 9. The molecule has 0 amide bonds. The van der Waals surface area contributed by atoms with E-state index >= 15 is 0 Å². The Morgan fingerprint density at radius 2 is 1.46 bits per heavy atom. The van der Waals surface area contributed by atoms with E-state index in [2.05, 4.69) is 6.92 Å². The molecule has 0 fully saturated rings. The first-order valence-electron chi connectivity index (χ1n) is 8.94. The van der Waals surface area contributed by atoms with Crippen LogP contribution in [0.4, 0.5) is 5.69 Å². The summed E-state index contributed by atoms with van der Waals surface area (Å²) in [4.78, 5) is 10.2. The molecule has 0 unspecified atom stereocenters. The highest BCUT2D eigenvalue weighted by molar-refractivity contribution is 7.91. The van der Waals surface area contributed by atoms with Gasteiger partial charge in [0.05, 0.1) is 15.6 Å². The van der Waals surface area contributed by atoms with Crippen molar-refractivity contribution in [2.24, 2.45) is 0 Å². The minimum atomic E-state index is -3.43. The van der Waals surface area contributed by atoms with Crippen molar-refractivity contribution >= 4 is 15.5 Å². The summed E-state index contributed by atoms with van der Waals surface area (Å²) in [5.74, 6) is 0.0602. The molecule has 0 aliphatic heterocycles. The molecule has 24 heavy (non-hydrogen) atoms. The molecular formula is C18H29NO4S. The average Bonchev–Trinajstić information content (AvgIpc) is 2.56. The number of sulfone groups is 1. The molecule has 1 aromatic rings. The zero-order chi connectivity index (χ0) is 17.8. The second-order valence-electron chi connectivity index (χ2n) is 6.26. The highest BCUT2D eigenvalue weighted by Gasteiger charge is 2.17. The lowest BCUT2D eigenvalue weighted by Gasteiger charge is -2.05. The fourth-order valence-corrected chi connectivity index (χ4v) is 4.09. The van der Waals surface area contributed by atoms with Gasteiger partial charge in [-0.25, -0.2) is 8.42 Å². The smallest absolute Gasteiger partial charge is 0.258 e. The van der Waals surface area contributed by atoms with Crippen molar-refractivity contribution in [2.75, 3.05) is 5.75 Å². The summed E-state index contributed by atoms with van der Waals surface area (Å²) < 4.78 is 24.4. The molecule has 6 heteroatoms. The van der Waals surface area contributed by atoms with Crippen LogP contribution in [0.5, 0.6) is 0 Å². The highest BCUT2D eigenvalue weighted by atomic mass is 32.2. The van der Waals surface area contributed by atoms with Crippen LogP contribution in [0, 0.1) is 10.1 Å². The van der Waals surface area contributed by atoms with Crippen molar-refractivity contribution in [3.63, 3.8) is 0 Å². The van der Waals surface area contributed by atoms with Crippen LogP contribution in [0.1, 0.15) is 71.1 Å². The van der Waals surface area contributed by atoms with E-state index in [9.17, 15) is 18.5 Å².